The maximum absolute atomic E-state index is 14.3. The third kappa shape index (κ3) is 5.65. The van der Waals surface area contributed by atoms with E-state index in [4.69, 9.17) is 0 Å². The average Bonchev–Trinajstić information content (AvgIpc) is 3.22. The molecule has 0 saturated heterocycles. The molecule has 1 atom stereocenters. The second-order valence-electron chi connectivity index (χ2n) is 8.67. The van der Waals surface area contributed by atoms with E-state index in [1.807, 2.05) is 31.2 Å². The van der Waals surface area contributed by atoms with Crippen LogP contribution < -0.4 is 10.2 Å². The van der Waals surface area contributed by atoms with E-state index in [1.54, 1.807) is 29.1 Å². The summed E-state index contributed by atoms with van der Waals surface area (Å²) in [5, 5.41) is 3.19. The van der Waals surface area contributed by atoms with Crippen LogP contribution in [0.15, 0.2) is 60.9 Å². The number of aryl methyl sites for hydroxylation is 1. The molecule has 1 saturated carbocycles. The Bertz CT molecular complexity index is 1160. The zero-order chi connectivity index (χ0) is 24.1. The summed E-state index contributed by atoms with van der Waals surface area (Å²) in [6.07, 6.45) is 8.51. The highest BCUT2D eigenvalue weighted by molar-refractivity contribution is 14.1. The standard InChI is InChI=1S/C26H28FIN4O2/c1-18-8-5-6-13-22(18)24(25(34)30-20-10-3-2-4-11-20)32(21-12-7-9-19(27)16-21)23(33)17-31-15-14-29-26(31)28/h5-9,12-16,20,24H,2-4,10-11,17H2,1H3,(H,30,34). The Morgan fingerprint density at radius 1 is 1.18 bits per heavy atom. The van der Waals surface area contributed by atoms with Crippen molar-refractivity contribution in [2.24, 2.45) is 0 Å². The second-order valence-corrected chi connectivity index (χ2v) is 9.64. The molecule has 178 valence electrons. The van der Waals surface area contributed by atoms with Crippen LogP contribution in [0.2, 0.25) is 0 Å². The number of benzene rings is 2. The monoisotopic (exact) mass is 574 g/mol. The fourth-order valence-electron chi connectivity index (χ4n) is 4.53. The van der Waals surface area contributed by atoms with Crippen LogP contribution in [0.4, 0.5) is 10.1 Å². The predicted molar refractivity (Wildman–Crippen MR) is 138 cm³/mol. The van der Waals surface area contributed by atoms with Crippen LogP contribution in [0.1, 0.15) is 49.3 Å². The third-order valence-electron chi connectivity index (χ3n) is 6.27. The fourth-order valence-corrected chi connectivity index (χ4v) is 5.02. The lowest BCUT2D eigenvalue weighted by molar-refractivity contribution is -0.127. The number of hydrogen-bond acceptors (Lipinski definition) is 3. The molecule has 1 aliphatic rings. The van der Waals surface area contributed by atoms with E-state index in [0.717, 1.165) is 31.2 Å². The molecule has 1 unspecified atom stereocenters. The van der Waals surface area contributed by atoms with Gasteiger partial charge in [-0.1, -0.05) is 49.6 Å². The van der Waals surface area contributed by atoms with Crippen molar-refractivity contribution in [1.82, 2.24) is 14.9 Å². The molecule has 34 heavy (non-hydrogen) atoms. The minimum absolute atomic E-state index is 0.0200. The molecule has 6 nitrogen and oxygen atoms in total. The van der Waals surface area contributed by atoms with Gasteiger partial charge in [0.05, 0.1) is 0 Å². The number of rotatable bonds is 7. The number of nitrogens with zero attached hydrogens (tertiary/aromatic N) is 3. The van der Waals surface area contributed by atoms with Gasteiger partial charge in [-0.25, -0.2) is 9.37 Å². The van der Waals surface area contributed by atoms with Crippen molar-refractivity contribution in [2.45, 2.75) is 57.7 Å². The Morgan fingerprint density at radius 3 is 2.62 bits per heavy atom. The minimum Gasteiger partial charge on any atom is -0.351 e. The Morgan fingerprint density at radius 2 is 1.94 bits per heavy atom. The summed E-state index contributed by atoms with van der Waals surface area (Å²) in [4.78, 5) is 33.2. The molecular formula is C26H28FIN4O2. The number of aromatic nitrogens is 2. The topological polar surface area (TPSA) is 67.2 Å². The first-order valence-corrected chi connectivity index (χ1v) is 12.6. The van der Waals surface area contributed by atoms with Crippen LogP contribution in [-0.4, -0.2) is 27.4 Å². The first-order valence-electron chi connectivity index (χ1n) is 11.5. The highest BCUT2D eigenvalue weighted by atomic mass is 127. The molecule has 1 aromatic heterocycles. The summed E-state index contributed by atoms with van der Waals surface area (Å²) >= 11 is 2.06. The van der Waals surface area contributed by atoms with Crippen LogP contribution in [0.3, 0.4) is 0 Å². The van der Waals surface area contributed by atoms with Gasteiger partial charge in [-0.3, -0.25) is 14.5 Å². The van der Waals surface area contributed by atoms with Crippen LogP contribution in [0, 0.1) is 16.6 Å². The molecule has 1 fully saturated rings. The van der Waals surface area contributed by atoms with Crippen LogP contribution in [0.25, 0.3) is 0 Å². The Hall–Kier alpha value is -2.75. The van der Waals surface area contributed by atoms with Crippen molar-refractivity contribution < 1.29 is 14.0 Å². The smallest absolute Gasteiger partial charge is 0.248 e. The molecule has 0 bridgehead atoms. The minimum atomic E-state index is -0.932. The molecule has 3 aromatic rings. The summed E-state index contributed by atoms with van der Waals surface area (Å²) in [6.45, 7) is 1.90. The highest BCUT2D eigenvalue weighted by Crippen LogP contribution is 2.31. The highest BCUT2D eigenvalue weighted by Gasteiger charge is 2.35. The number of imidazole rings is 1. The zero-order valence-corrected chi connectivity index (χ0v) is 21.2. The number of carbonyl (C=O) groups is 2. The lowest BCUT2D eigenvalue weighted by atomic mass is 9.93. The Balaban J connectivity index is 1.77. The normalized spacial score (nSPS) is 15.0. The van der Waals surface area contributed by atoms with E-state index in [-0.39, 0.29) is 24.4 Å². The molecule has 1 heterocycles. The third-order valence-corrected chi connectivity index (χ3v) is 7.16. The fraction of sp³-hybridized carbons (Fsp3) is 0.346. The molecule has 2 amide bonds. The molecule has 1 N–H and O–H groups in total. The number of anilines is 1. The lowest BCUT2D eigenvalue weighted by Gasteiger charge is -2.34. The largest absolute Gasteiger partial charge is 0.351 e. The summed E-state index contributed by atoms with van der Waals surface area (Å²) in [5.74, 6) is -1.04. The molecular weight excluding hydrogens is 546 g/mol. The van der Waals surface area contributed by atoms with Crippen LogP contribution in [0.5, 0.6) is 0 Å². The van der Waals surface area contributed by atoms with Gasteiger partial charge in [0.15, 0.2) is 3.83 Å². The van der Waals surface area contributed by atoms with Crippen LogP contribution >= 0.6 is 22.6 Å². The molecule has 4 rings (SSSR count). The zero-order valence-electron chi connectivity index (χ0n) is 19.1. The van der Waals surface area contributed by atoms with Gasteiger partial charge < -0.3 is 9.88 Å². The molecule has 1 aliphatic carbocycles. The summed E-state index contributed by atoms with van der Waals surface area (Å²) in [7, 11) is 0. The van der Waals surface area contributed by atoms with E-state index >= 15 is 0 Å². The number of halogens is 2. The van der Waals surface area contributed by atoms with Gasteiger partial charge >= 0.3 is 0 Å². The van der Waals surface area contributed by atoms with Crippen molar-refractivity contribution in [1.29, 1.82) is 0 Å². The quantitative estimate of drug-likeness (QED) is 0.397. The lowest BCUT2D eigenvalue weighted by Crippen LogP contribution is -2.48. The Labute approximate surface area is 212 Å². The van der Waals surface area contributed by atoms with Crippen LogP contribution in [-0.2, 0) is 16.1 Å². The van der Waals surface area contributed by atoms with Crippen molar-refractivity contribution in [3.05, 3.63) is 81.7 Å². The van der Waals surface area contributed by atoms with Crippen molar-refractivity contribution in [3.8, 4) is 0 Å². The summed E-state index contributed by atoms with van der Waals surface area (Å²) in [5.41, 5.74) is 1.94. The van der Waals surface area contributed by atoms with Gasteiger partial charge in [0.2, 0.25) is 11.8 Å². The molecule has 0 radical (unpaired) electrons. The first-order chi connectivity index (χ1) is 16.4. The molecule has 2 aromatic carbocycles. The average molecular weight is 574 g/mol. The predicted octanol–water partition coefficient (Wildman–Crippen LogP) is 5.16. The summed E-state index contributed by atoms with van der Waals surface area (Å²) < 4.78 is 16.7. The van der Waals surface area contributed by atoms with E-state index in [9.17, 15) is 14.0 Å². The van der Waals surface area contributed by atoms with Gasteiger partial charge in [0, 0.05) is 24.1 Å². The van der Waals surface area contributed by atoms with Gasteiger partial charge in [-0.15, -0.1) is 0 Å². The van der Waals surface area contributed by atoms with Gasteiger partial charge in [-0.05, 0) is 71.7 Å². The van der Waals surface area contributed by atoms with Gasteiger partial charge in [-0.2, -0.15) is 0 Å². The number of nitrogens with one attached hydrogen (secondary N) is 1. The number of hydrogen-bond donors (Lipinski definition) is 1. The molecule has 0 spiro atoms. The van der Waals surface area contributed by atoms with Crippen molar-refractivity contribution in [2.75, 3.05) is 4.90 Å². The van der Waals surface area contributed by atoms with Crippen molar-refractivity contribution in [3.63, 3.8) is 0 Å². The Kier molecular flexibility index (Phi) is 7.97. The van der Waals surface area contributed by atoms with E-state index in [2.05, 4.69) is 32.9 Å². The van der Waals surface area contributed by atoms with E-state index in [0.29, 0.717) is 15.1 Å². The first kappa shape index (κ1) is 24.4. The second kappa shape index (κ2) is 11.1. The molecule has 0 aliphatic heterocycles. The number of carbonyl (C=O) groups excluding carboxylic acids is 2. The van der Waals surface area contributed by atoms with Crippen molar-refractivity contribution >= 4 is 40.1 Å². The molecule has 8 heteroatoms. The number of amides is 2. The maximum atomic E-state index is 14.3. The van der Waals surface area contributed by atoms with E-state index < -0.39 is 11.9 Å². The van der Waals surface area contributed by atoms with E-state index in [1.165, 1.54) is 23.5 Å². The summed E-state index contributed by atoms with van der Waals surface area (Å²) in [6, 6.07) is 12.5. The SMILES string of the molecule is Cc1ccccc1C(C(=O)NC1CCCCC1)N(C(=O)Cn1ccnc1I)c1cccc(F)c1. The maximum Gasteiger partial charge on any atom is 0.248 e. The van der Waals surface area contributed by atoms with Gasteiger partial charge in [0.1, 0.15) is 18.4 Å². The van der Waals surface area contributed by atoms with Gasteiger partial charge in [0.25, 0.3) is 0 Å².